The number of carbonyl (C=O) groups is 6. The van der Waals surface area contributed by atoms with Crippen LogP contribution in [0.25, 0.3) is 0 Å². The molecule has 61 heavy (non-hydrogen) atoms. The minimum Gasteiger partial charge on any atom is -0.480 e. The van der Waals surface area contributed by atoms with Crippen molar-refractivity contribution in [2.75, 3.05) is 24.7 Å². The number of hydrogen-bond donors (Lipinski definition) is 4. The standard InChI is InChI=1S/C24H28N2O5.C23H32N2O5/c1-2-31-24(30)20(14-12-17-8-4-3-5-9-17)25-19-15-13-18-10-6-7-11-21(18)26(23(19)29)16-22(27)28;1-3-30-23(29)18(13-12-16-8-5-4-6-9-16)24-15(2)21(26)25-19-11-7-10-17(19)14-20(25)22(27)28/h3-11,19-20,25H,2,12-16H2,1H3,(H,27,28);4-6,8-9,15,17-20,24H,3,7,10-14H2,1-2H3,(H,27,28)/t19-,20-;15-,17-,18-,19-,20-/m00/s1. The molecule has 0 bridgehead atoms. The Morgan fingerprint density at radius 1 is 0.770 bits per heavy atom. The molecule has 2 aliphatic heterocycles. The topological polar surface area (TPSA) is 192 Å². The lowest BCUT2D eigenvalue weighted by Crippen LogP contribution is -2.55. The van der Waals surface area contributed by atoms with Crippen molar-refractivity contribution in [3.8, 4) is 0 Å². The number of carboxylic acid groups (broad SMARTS) is 2. The first-order valence-corrected chi connectivity index (χ1v) is 21.5. The molecule has 0 spiro atoms. The fourth-order valence-electron chi connectivity index (χ4n) is 8.77. The van der Waals surface area contributed by atoms with Crippen LogP contribution in [0.3, 0.4) is 0 Å². The minimum atomic E-state index is -1.09. The molecule has 4 N–H and O–H groups in total. The smallest absolute Gasteiger partial charge is 0.326 e. The van der Waals surface area contributed by atoms with E-state index in [1.165, 1.54) is 4.90 Å². The van der Waals surface area contributed by atoms with Crippen LogP contribution in [0.5, 0.6) is 0 Å². The van der Waals surface area contributed by atoms with Crippen LogP contribution in [-0.2, 0) is 57.5 Å². The predicted octanol–water partition coefficient (Wildman–Crippen LogP) is 4.96. The highest BCUT2D eigenvalue weighted by Crippen LogP contribution is 2.41. The van der Waals surface area contributed by atoms with Gasteiger partial charge in [-0.25, -0.2) is 4.79 Å². The molecule has 14 nitrogen and oxygen atoms in total. The number of nitrogens with zero attached hydrogens (tertiary/aromatic N) is 2. The Kier molecular flexibility index (Phi) is 17.4. The van der Waals surface area contributed by atoms with Crippen LogP contribution >= 0.6 is 0 Å². The number of likely N-dealkylation sites (tertiary alicyclic amines) is 1. The summed E-state index contributed by atoms with van der Waals surface area (Å²) >= 11 is 0. The number of aryl methyl sites for hydroxylation is 3. The number of rotatable bonds is 18. The van der Waals surface area contributed by atoms with Gasteiger partial charge in [0.05, 0.1) is 25.3 Å². The number of anilines is 1. The maximum absolute atomic E-state index is 13.3. The van der Waals surface area contributed by atoms with Gasteiger partial charge >= 0.3 is 23.9 Å². The van der Waals surface area contributed by atoms with Gasteiger partial charge in [-0.05, 0) is 107 Å². The summed E-state index contributed by atoms with van der Waals surface area (Å²) in [6, 6.07) is 23.5. The molecule has 14 heteroatoms. The Bertz CT molecular complexity index is 1950. The molecule has 2 fully saturated rings. The Balaban J connectivity index is 0.000000231. The zero-order chi connectivity index (χ0) is 43.9. The molecule has 0 unspecified atom stereocenters. The molecule has 1 aliphatic carbocycles. The lowest BCUT2D eigenvalue weighted by molar-refractivity contribution is -0.151. The molecule has 3 aromatic carbocycles. The third-order valence-electron chi connectivity index (χ3n) is 11.7. The largest absolute Gasteiger partial charge is 0.480 e. The summed E-state index contributed by atoms with van der Waals surface area (Å²) in [5.41, 5.74) is 3.71. The van der Waals surface area contributed by atoms with E-state index in [0.29, 0.717) is 50.6 Å². The summed E-state index contributed by atoms with van der Waals surface area (Å²) in [7, 11) is 0. The summed E-state index contributed by atoms with van der Waals surface area (Å²) in [6.45, 7) is 5.29. The molecule has 1 saturated carbocycles. The first-order valence-electron chi connectivity index (χ1n) is 21.5. The Labute approximate surface area is 358 Å². The summed E-state index contributed by atoms with van der Waals surface area (Å²) in [5, 5.41) is 25.3. The molecule has 3 aliphatic rings. The van der Waals surface area contributed by atoms with Gasteiger partial charge in [0.1, 0.15) is 24.7 Å². The third kappa shape index (κ3) is 12.7. The number of aliphatic carboxylic acids is 2. The lowest BCUT2D eigenvalue weighted by Gasteiger charge is -2.31. The van der Waals surface area contributed by atoms with Crippen molar-refractivity contribution in [3.05, 3.63) is 102 Å². The van der Waals surface area contributed by atoms with Crippen LogP contribution in [0.4, 0.5) is 5.69 Å². The summed E-state index contributed by atoms with van der Waals surface area (Å²) in [5.74, 6) is -3.15. The number of hydrogen-bond acceptors (Lipinski definition) is 10. The number of nitrogens with one attached hydrogen (secondary N) is 2. The molecule has 0 radical (unpaired) electrons. The van der Waals surface area contributed by atoms with Crippen LogP contribution in [0.15, 0.2) is 84.9 Å². The molecule has 3 aromatic rings. The lowest BCUT2D eigenvalue weighted by atomic mass is 10.0. The molecule has 0 aromatic heterocycles. The quantitative estimate of drug-likeness (QED) is 0.126. The van der Waals surface area contributed by atoms with Gasteiger partial charge in [0.2, 0.25) is 11.8 Å². The fraction of sp³-hybridized carbons (Fsp3) is 0.489. The monoisotopic (exact) mass is 840 g/mol. The van der Waals surface area contributed by atoms with Gasteiger partial charge in [-0.2, -0.15) is 0 Å². The average Bonchev–Trinajstić information content (AvgIpc) is 3.84. The highest BCUT2D eigenvalue weighted by Gasteiger charge is 2.49. The van der Waals surface area contributed by atoms with Gasteiger partial charge < -0.3 is 24.6 Å². The predicted molar refractivity (Wildman–Crippen MR) is 229 cm³/mol. The van der Waals surface area contributed by atoms with E-state index in [-0.39, 0.29) is 43.0 Å². The summed E-state index contributed by atoms with van der Waals surface area (Å²) in [6.07, 6.45) is 6.72. The Morgan fingerprint density at radius 2 is 1.34 bits per heavy atom. The average molecular weight is 841 g/mol. The van der Waals surface area contributed by atoms with E-state index >= 15 is 0 Å². The van der Waals surface area contributed by atoms with Crippen molar-refractivity contribution in [3.63, 3.8) is 0 Å². The van der Waals surface area contributed by atoms with Crippen molar-refractivity contribution >= 4 is 41.4 Å². The van der Waals surface area contributed by atoms with Gasteiger partial charge in [0.15, 0.2) is 0 Å². The van der Waals surface area contributed by atoms with E-state index in [2.05, 4.69) is 10.6 Å². The van der Waals surface area contributed by atoms with Gasteiger partial charge in [0, 0.05) is 11.7 Å². The number of benzene rings is 3. The van der Waals surface area contributed by atoms with Gasteiger partial charge in [-0.3, -0.25) is 39.5 Å². The highest BCUT2D eigenvalue weighted by atomic mass is 16.5. The molecule has 6 rings (SSSR count). The number of carbonyl (C=O) groups excluding carboxylic acids is 4. The highest BCUT2D eigenvalue weighted by molar-refractivity contribution is 6.02. The molecule has 7 atom stereocenters. The van der Waals surface area contributed by atoms with Crippen molar-refractivity contribution in [1.82, 2.24) is 15.5 Å². The van der Waals surface area contributed by atoms with E-state index in [1.807, 2.05) is 72.8 Å². The molecule has 328 valence electrons. The van der Waals surface area contributed by atoms with Crippen LogP contribution in [-0.4, -0.2) is 107 Å². The van der Waals surface area contributed by atoms with Crippen LogP contribution < -0.4 is 15.5 Å². The minimum absolute atomic E-state index is 0.00629. The molecule has 2 amide bonds. The van der Waals surface area contributed by atoms with Crippen LogP contribution in [0.2, 0.25) is 0 Å². The second-order valence-corrected chi connectivity index (χ2v) is 15.8. The maximum Gasteiger partial charge on any atom is 0.326 e. The first-order chi connectivity index (χ1) is 29.4. The molecular formula is C47H60N4O10. The van der Waals surface area contributed by atoms with Crippen molar-refractivity contribution in [1.29, 1.82) is 0 Å². The maximum atomic E-state index is 13.3. The normalized spacial score (nSPS) is 20.8. The second-order valence-electron chi connectivity index (χ2n) is 15.8. The zero-order valence-electron chi connectivity index (χ0n) is 35.4. The Hall–Kier alpha value is -5.60. The van der Waals surface area contributed by atoms with E-state index in [4.69, 9.17) is 9.47 Å². The fourth-order valence-corrected chi connectivity index (χ4v) is 8.77. The molecule has 2 heterocycles. The number of esters is 2. The zero-order valence-corrected chi connectivity index (χ0v) is 35.4. The van der Waals surface area contributed by atoms with E-state index in [0.717, 1.165) is 36.0 Å². The number of carboxylic acids is 2. The number of para-hydroxylation sites is 1. The SMILES string of the molecule is CCOC(=O)[C@H](CCc1ccccc1)N[C@@H](C)C(=O)N1[C@H](C(=O)O)C[C@@H]2CCC[C@@H]21.CCOC(=O)[C@H](CCc1ccccc1)N[C@H]1CCc2ccccc2N(CC(=O)O)C1=O. The molecule has 1 saturated heterocycles. The first kappa shape index (κ1) is 46.5. The van der Waals surface area contributed by atoms with E-state index < -0.39 is 54.7 Å². The third-order valence-corrected chi connectivity index (χ3v) is 11.7. The number of amides is 2. The van der Waals surface area contributed by atoms with E-state index in [9.17, 15) is 39.0 Å². The van der Waals surface area contributed by atoms with Crippen molar-refractivity contribution < 1.29 is 48.5 Å². The Morgan fingerprint density at radius 3 is 1.93 bits per heavy atom. The molecular weight excluding hydrogens is 781 g/mol. The van der Waals surface area contributed by atoms with Crippen LogP contribution in [0.1, 0.15) is 82.4 Å². The number of ether oxygens (including phenoxy) is 2. The van der Waals surface area contributed by atoms with Gasteiger partial charge in [-0.15, -0.1) is 0 Å². The van der Waals surface area contributed by atoms with Crippen molar-refractivity contribution in [2.45, 2.75) is 121 Å². The summed E-state index contributed by atoms with van der Waals surface area (Å²) < 4.78 is 10.4. The van der Waals surface area contributed by atoms with Gasteiger partial charge in [0.25, 0.3) is 0 Å². The second kappa shape index (κ2) is 22.8. The summed E-state index contributed by atoms with van der Waals surface area (Å²) in [4.78, 5) is 77.7. The van der Waals surface area contributed by atoms with Gasteiger partial charge in [-0.1, -0.05) is 85.3 Å². The number of fused-ring (bicyclic) bond motifs is 2. The van der Waals surface area contributed by atoms with E-state index in [1.54, 1.807) is 37.8 Å². The van der Waals surface area contributed by atoms with Crippen molar-refractivity contribution in [2.24, 2.45) is 5.92 Å². The van der Waals surface area contributed by atoms with Crippen LogP contribution in [0, 0.1) is 5.92 Å².